The molecule has 0 saturated carbocycles. The Labute approximate surface area is 168 Å². The van der Waals surface area contributed by atoms with Gasteiger partial charge in [-0.2, -0.15) is 0 Å². The molecule has 0 atom stereocenters. The Morgan fingerprint density at radius 1 is 1.17 bits per heavy atom. The van der Waals surface area contributed by atoms with Gasteiger partial charge in [0.05, 0.1) is 14.2 Å². The van der Waals surface area contributed by atoms with Gasteiger partial charge in [-0.05, 0) is 42.2 Å². The summed E-state index contributed by atoms with van der Waals surface area (Å²) in [5.74, 6) is 1.35. The number of ether oxygens (including phenoxy) is 2. The average molecular weight is 393 g/mol. The van der Waals surface area contributed by atoms with Crippen LogP contribution in [0.25, 0.3) is 27.7 Å². The second kappa shape index (κ2) is 7.87. The summed E-state index contributed by atoms with van der Waals surface area (Å²) in [6.07, 6.45) is 6.55. The summed E-state index contributed by atoms with van der Waals surface area (Å²) in [7, 11) is 3.23. The first-order chi connectivity index (χ1) is 14.1. The molecule has 7 heteroatoms. The molecule has 0 spiro atoms. The maximum atomic E-state index is 11.3. The van der Waals surface area contributed by atoms with Gasteiger partial charge in [-0.15, -0.1) is 0 Å². The lowest BCUT2D eigenvalue weighted by atomic mass is 9.99. The van der Waals surface area contributed by atoms with Crippen molar-refractivity contribution in [1.29, 1.82) is 0 Å². The molecule has 150 valence electrons. The third-order valence-corrected chi connectivity index (χ3v) is 5.30. The highest BCUT2D eigenvalue weighted by molar-refractivity contribution is 5.93. The van der Waals surface area contributed by atoms with Gasteiger partial charge < -0.3 is 24.5 Å². The van der Waals surface area contributed by atoms with Crippen LogP contribution in [0.15, 0.2) is 42.7 Å². The highest BCUT2D eigenvalue weighted by Crippen LogP contribution is 2.35. The van der Waals surface area contributed by atoms with E-state index in [4.69, 9.17) is 9.47 Å². The van der Waals surface area contributed by atoms with Gasteiger partial charge in [0.25, 0.3) is 0 Å². The van der Waals surface area contributed by atoms with Crippen molar-refractivity contribution >= 4 is 22.7 Å². The van der Waals surface area contributed by atoms with Crippen molar-refractivity contribution in [1.82, 2.24) is 14.9 Å². The zero-order chi connectivity index (χ0) is 20.4. The largest absolute Gasteiger partial charge is 0.493 e. The van der Waals surface area contributed by atoms with Crippen molar-refractivity contribution in [3.05, 3.63) is 48.3 Å². The van der Waals surface area contributed by atoms with Gasteiger partial charge in [0.2, 0.25) is 0 Å². The second-order valence-corrected chi connectivity index (χ2v) is 6.95. The third kappa shape index (κ3) is 3.63. The first-order valence-electron chi connectivity index (χ1n) is 9.47. The Morgan fingerprint density at radius 3 is 2.76 bits per heavy atom. The van der Waals surface area contributed by atoms with Crippen molar-refractivity contribution in [2.45, 2.75) is 12.8 Å². The van der Waals surface area contributed by atoms with Gasteiger partial charge in [0.15, 0.2) is 11.5 Å². The number of nitrogens with one attached hydrogen (secondary N) is 1. The molecule has 1 aromatic carbocycles. The Balaban J connectivity index is 1.73. The number of hydrogen-bond donors (Lipinski definition) is 2. The van der Waals surface area contributed by atoms with E-state index in [0.29, 0.717) is 24.6 Å². The number of allylic oxidation sites excluding steroid dienone is 1. The van der Waals surface area contributed by atoms with Crippen LogP contribution in [0.3, 0.4) is 0 Å². The van der Waals surface area contributed by atoms with Crippen LogP contribution < -0.4 is 9.47 Å². The molecule has 0 aliphatic carbocycles. The topological polar surface area (TPSA) is 87.7 Å². The Kier molecular flexibility index (Phi) is 5.12. The van der Waals surface area contributed by atoms with E-state index >= 15 is 0 Å². The standard InChI is InChI=1S/C22H23N3O4/c1-28-19-6-5-15(11-20(19)29-2)16-10-17-18(13-24-21(17)23-12-16)14-4-3-8-25(9-7-14)22(26)27/h5-7,10-13H,3-4,8-9H2,1-2H3,(H,23,24)(H,26,27). The molecule has 4 rings (SSSR count). The lowest BCUT2D eigenvalue weighted by Crippen LogP contribution is -2.29. The fourth-order valence-corrected chi connectivity index (χ4v) is 3.74. The highest BCUT2D eigenvalue weighted by atomic mass is 16.5. The number of aromatic amines is 1. The quantitative estimate of drug-likeness (QED) is 0.686. The molecule has 2 N–H and O–H groups in total. The SMILES string of the molecule is COc1ccc(-c2cnc3[nH]cc(C4=CCN(C(=O)O)CCC4)c3c2)cc1OC. The Bertz CT molecular complexity index is 1090. The van der Waals surface area contributed by atoms with E-state index in [1.54, 1.807) is 14.2 Å². The molecule has 0 unspecified atom stereocenters. The fourth-order valence-electron chi connectivity index (χ4n) is 3.74. The minimum Gasteiger partial charge on any atom is -0.493 e. The molecular weight excluding hydrogens is 370 g/mol. The van der Waals surface area contributed by atoms with Crippen LogP contribution in [-0.2, 0) is 0 Å². The van der Waals surface area contributed by atoms with E-state index in [1.807, 2.05) is 36.7 Å². The van der Waals surface area contributed by atoms with E-state index in [1.165, 1.54) is 4.90 Å². The number of amides is 1. The molecule has 0 saturated heterocycles. The molecule has 29 heavy (non-hydrogen) atoms. The van der Waals surface area contributed by atoms with Gasteiger partial charge in [0.1, 0.15) is 5.65 Å². The van der Waals surface area contributed by atoms with Gasteiger partial charge in [0, 0.05) is 42.0 Å². The molecule has 0 bridgehead atoms. The average Bonchev–Trinajstić information content (AvgIpc) is 3.00. The van der Waals surface area contributed by atoms with Crippen LogP contribution in [0.5, 0.6) is 11.5 Å². The highest BCUT2D eigenvalue weighted by Gasteiger charge is 2.17. The van der Waals surface area contributed by atoms with Crippen molar-refractivity contribution in [3.8, 4) is 22.6 Å². The Morgan fingerprint density at radius 2 is 2.00 bits per heavy atom. The van der Waals surface area contributed by atoms with Crippen molar-refractivity contribution < 1.29 is 19.4 Å². The number of aromatic nitrogens is 2. The predicted octanol–water partition coefficient (Wildman–Crippen LogP) is 4.40. The van der Waals surface area contributed by atoms with E-state index < -0.39 is 6.09 Å². The first kappa shape index (κ1) is 18.9. The van der Waals surface area contributed by atoms with E-state index in [9.17, 15) is 9.90 Å². The summed E-state index contributed by atoms with van der Waals surface area (Å²) in [5.41, 5.74) is 4.98. The molecule has 1 aliphatic rings. The molecule has 0 radical (unpaired) electrons. The van der Waals surface area contributed by atoms with Gasteiger partial charge in [-0.25, -0.2) is 9.78 Å². The zero-order valence-corrected chi connectivity index (χ0v) is 16.4. The van der Waals surface area contributed by atoms with E-state index in [-0.39, 0.29) is 0 Å². The number of pyridine rings is 1. The number of fused-ring (bicyclic) bond motifs is 1. The normalized spacial score (nSPS) is 14.4. The van der Waals surface area contributed by atoms with Crippen molar-refractivity contribution in [2.75, 3.05) is 27.3 Å². The lowest BCUT2D eigenvalue weighted by Gasteiger charge is -2.13. The Hall–Kier alpha value is -3.48. The van der Waals surface area contributed by atoms with Crippen LogP contribution in [-0.4, -0.2) is 53.4 Å². The van der Waals surface area contributed by atoms with E-state index in [2.05, 4.69) is 16.0 Å². The molecule has 7 nitrogen and oxygen atoms in total. The molecule has 1 amide bonds. The number of carboxylic acid groups (broad SMARTS) is 1. The number of methoxy groups -OCH3 is 2. The summed E-state index contributed by atoms with van der Waals surface area (Å²) >= 11 is 0. The molecule has 2 aromatic heterocycles. The van der Waals surface area contributed by atoms with Crippen LogP contribution in [0, 0.1) is 0 Å². The molecule has 3 heterocycles. The molecule has 0 fully saturated rings. The van der Waals surface area contributed by atoms with Crippen LogP contribution in [0.1, 0.15) is 18.4 Å². The summed E-state index contributed by atoms with van der Waals surface area (Å²) in [6.45, 7) is 0.951. The predicted molar refractivity (Wildman–Crippen MR) is 111 cm³/mol. The number of H-pyrrole nitrogens is 1. The summed E-state index contributed by atoms with van der Waals surface area (Å²) in [4.78, 5) is 20.5. The van der Waals surface area contributed by atoms with Crippen molar-refractivity contribution in [3.63, 3.8) is 0 Å². The first-order valence-corrected chi connectivity index (χ1v) is 9.47. The van der Waals surface area contributed by atoms with Gasteiger partial charge in [-0.1, -0.05) is 12.1 Å². The number of carbonyl (C=O) groups is 1. The molecule has 1 aliphatic heterocycles. The maximum Gasteiger partial charge on any atom is 0.407 e. The molecule has 3 aromatic rings. The monoisotopic (exact) mass is 393 g/mol. The maximum absolute atomic E-state index is 11.3. The van der Waals surface area contributed by atoms with Crippen LogP contribution >= 0.6 is 0 Å². The fraction of sp³-hybridized carbons (Fsp3) is 0.273. The van der Waals surface area contributed by atoms with Gasteiger partial charge >= 0.3 is 6.09 Å². The van der Waals surface area contributed by atoms with Crippen molar-refractivity contribution in [2.24, 2.45) is 0 Å². The minimum atomic E-state index is -0.876. The lowest BCUT2D eigenvalue weighted by molar-refractivity contribution is 0.150. The smallest absolute Gasteiger partial charge is 0.407 e. The summed E-state index contributed by atoms with van der Waals surface area (Å²) < 4.78 is 10.7. The summed E-state index contributed by atoms with van der Waals surface area (Å²) in [6, 6.07) is 7.90. The number of benzene rings is 1. The second-order valence-electron chi connectivity index (χ2n) is 6.95. The number of hydrogen-bond acceptors (Lipinski definition) is 4. The van der Waals surface area contributed by atoms with Crippen LogP contribution in [0.4, 0.5) is 4.79 Å². The number of rotatable bonds is 4. The zero-order valence-electron chi connectivity index (χ0n) is 16.4. The number of nitrogens with zero attached hydrogens (tertiary/aromatic N) is 2. The van der Waals surface area contributed by atoms with Crippen LogP contribution in [0.2, 0.25) is 0 Å². The van der Waals surface area contributed by atoms with E-state index in [0.717, 1.165) is 46.1 Å². The minimum absolute atomic E-state index is 0.403. The summed E-state index contributed by atoms with van der Waals surface area (Å²) in [5, 5.41) is 10.3. The van der Waals surface area contributed by atoms with Gasteiger partial charge in [-0.3, -0.25) is 0 Å². The third-order valence-electron chi connectivity index (χ3n) is 5.30. The molecular formula is C22H23N3O4.